The molecule has 0 bridgehead atoms. The first-order valence-corrected chi connectivity index (χ1v) is 5.36. The van der Waals surface area contributed by atoms with Crippen LogP contribution in [-0.2, 0) is 6.54 Å². The molecule has 4 nitrogen and oxygen atoms in total. The van der Waals surface area contributed by atoms with Crippen LogP contribution in [0.3, 0.4) is 0 Å². The number of likely N-dealkylation sites (tertiary alicyclic amines) is 1. The van der Waals surface area contributed by atoms with Crippen LogP contribution in [0.4, 0.5) is 0 Å². The summed E-state index contributed by atoms with van der Waals surface area (Å²) in [5.74, 6) is 0. The van der Waals surface area contributed by atoms with E-state index < -0.39 is 0 Å². The number of nitrogens with zero attached hydrogens (tertiary/aromatic N) is 3. The Bertz CT molecular complexity index is 277. The van der Waals surface area contributed by atoms with Crippen LogP contribution in [0, 0.1) is 6.92 Å². The van der Waals surface area contributed by atoms with Crippen molar-refractivity contribution in [1.82, 2.24) is 15.2 Å². The summed E-state index contributed by atoms with van der Waals surface area (Å²) in [4.78, 5) is 2.44. The summed E-state index contributed by atoms with van der Waals surface area (Å²) in [6, 6.07) is 0. The zero-order chi connectivity index (χ0) is 9.80. The summed E-state index contributed by atoms with van der Waals surface area (Å²) >= 11 is 0. The van der Waals surface area contributed by atoms with E-state index in [1.54, 1.807) is 0 Å². The Labute approximate surface area is 84.2 Å². The number of aryl methyl sites for hydroxylation is 1. The quantitative estimate of drug-likeness (QED) is 0.721. The topological polar surface area (TPSA) is 42.2 Å². The molecule has 1 aliphatic heterocycles. The Morgan fingerprint density at radius 1 is 1.14 bits per heavy atom. The molecule has 1 aromatic rings. The highest BCUT2D eigenvalue weighted by atomic mass is 16.6. The fourth-order valence-corrected chi connectivity index (χ4v) is 1.90. The molecule has 78 valence electrons. The number of aromatic nitrogens is 2. The van der Waals surface area contributed by atoms with Crippen molar-refractivity contribution in [2.75, 3.05) is 13.1 Å². The third-order valence-corrected chi connectivity index (χ3v) is 2.82. The molecule has 0 aliphatic carbocycles. The minimum atomic E-state index is 0.898. The minimum Gasteiger partial charge on any atom is -0.297 e. The van der Waals surface area contributed by atoms with Crippen molar-refractivity contribution >= 4 is 0 Å². The largest absolute Gasteiger partial charge is 0.297 e. The molecule has 1 aromatic heterocycles. The van der Waals surface area contributed by atoms with Crippen molar-refractivity contribution in [3.63, 3.8) is 0 Å². The van der Waals surface area contributed by atoms with E-state index in [1.807, 2.05) is 6.92 Å². The summed E-state index contributed by atoms with van der Waals surface area (Å²) in [5.41, 5.74) is 1.92. The average molecular weight is 195 g/mol. The van der Waals surface area contributed by atoms with Crippen LogP contribution in [-0.4, -0.2) is 28.3 Å². The third-order valence-electron chi connectivity index (χ3n) is 2.82. The summed E-state index contributed by atoms with van der Waals surface area (Å²) < 4.78 is 4.69. The monoisotopic (exact) mass is 195 g/mol. The van der Waals surface area contributed by atoms with Gasteiger partial charge in [-0.05, 0) is 32.9 Å². The second kappa shape index (κ2) is 4.55. The van der Waals surface area contributed by atoms with Crippen molar-refractivity contribution < 1.29 is 4.63 Å². The second-order valence-electron chi connectivity index (χ2n) is 3.99. The minimum absolute atomic E-state index is 0.898. The Balaban J connectivity index is 1.92. The number of rotatable bonds is 2. The lowest BCUT2D eigenvalue weighted by Crippen LogP contribution is -2.24. The van der Waals surface area contributed by atoms with Crippen LogP contribution in [0.25, 0.3) is 0 Å². The maximum absolute atomic E-state index is 4.69. The van der Waals surface area contributed by atoms with Gasteiger partial charge in [0.1, 0.15) is 11.4 Å². The summed E-state index contributed by atoms with van der Waals surface area (Å²) in [5, 5.41) is 7.71. The zero-order valence-electron chi connectivity index (χ0n) is 8.70. The van der Waals surface area contributed by atoms with Gasteiger partial charge in [-0.25, -0.2) is 4.63 Å². The van der Waals surface area contributed by atoms with Gasteiger partial charge in [-0.3, -0.25) is 4.90 Å². The lowest BCUT2D eigenvalue weighted by Gasteiger charge is -2.17. The van der Waals surface area contributed by atoms with Gasteiger partial charge in [0.25, 0.3) is 0 Å². The van der Waals surface area contributed by atoms with E-state index >= 15 is 0 Å². The molecule has 0 radical (unpaired) electrons. The Hall–Kier alpha value is -0.900. The highest BCUT2D eigenvalue weighted by Crippen LogP contribution is 2.13. The fourth-order valence-electron chi connectivity index (χ4n) is 1.90. The van der Waals surface area contributed by atoms with E-state index in [9.17, 15) is 0 Å². The molecule has 1 saturated heterocycles. The van der Waals surface area contributed by atoms with Crippen LogP contribution in [0.2, 0.25) is 0 Å². The van der Waals surface area contributed by atoms with E-state index in [2.05, 4.69) is 15.2 Å². The van der Waals surface area contributed by atoms with Gasteiger partial charge in [0.15, 0.2) is 0 Å². The molecule has 2 heterocycles. The fraction of sp³-hybridized carbons (Fsp3) is 0.800. The van der Waals surface area contributed by atoms with Gasteiger partial charge in [0.05, 0.1) is 0 Å². The maximum atomic E-state index is 4.69. The van der Waals surface area contributed by atoms with Crippen LogP contribution in [0.5, 0.6) is 0 Å². The van der Waals surface area contributed by atoms with Gasteiger partial charge >= 0.3 is 0 Å². The molecule has 1 aliphatic rings. The normalized spacial score (nSPS) is 19.5. The molecule has 0 spiro atoms. The van der Waals surface area contributed by atoms with Crippen molar-refractivity contribution in [2.24, 2.45) is 0 Å². The molecular formula is C10H17N3O. The number of hydrogen-bond donors (Lipinski definition) is 0. The van der Waals surface area contributed by atoms with E-state index in [1.165, 1.54) is 38.8 Å². The summed E-state index contributed by atoms with van der Waals surface area (Å²) in [6.45, 7) is 5.22. The van der Waals surface area contributed by atoms with E-state index in [4.69, 9.17) is 4.63 Å². The van der Waals surface area contributed by atoms with Crippen LogP contribution < -0.4 is 0 Å². The second-order valence-corrected chi connectivity index (χ2v) is 3.99. The molecular weight excluding hydrogens is 178 g/mol. The first-order valence-electron chi connectivity index (χ1n) is 5.36. The van der Waals surface area contributed by atoms with Crippen molar-refractivity contribution in [3.8, 4) is 0 Å². The highest BCUT2D eigenvalue weighted by molar-refractivity contribution is 5.04. The van der Waals surface area contributed by atoms with Crippen LogP contribution in [0.1, 0.15) is 37.1 Å². The molecule has 0 saturated carbocycles. The first kappa shape index (κ1) is 9.65. The molecule has 0 atom stereocenters. The van der Waals surface area contributed by atoms with Gasteiger partial charge in [-0.1, -0.05) is 23.2 Å². The van der Waals surface area contributed by atoms with Crippen molar-refractivity contribution in [1.29, 1.82) is 0 Å². The lowest BCUT2D eigenvalue weighted by atomic mass is 10.2. The van der Waals surface area contributed by atoms with Crippen molar-refractivity contribution in [3.05, 3.63) is 11.4 Å². The first-order chi connectivity index (χ1) is 6.86. The molecule has 0 amide bonds. The van der Waals surface area contributed by atoms with Gasteiger partial charge < -0.3 is 0 Å². The highest BCUT2D eigenvalue weighted by Gasteiger charge is 2.13. The zero-order valence-corrected chi connectivity index (χ0v) is 8.70. The van der Waals surface area contributed by atoms with E-state index in [0.717, 1.165) is 17.9 Å². The molecule has 14 heavy (non-hydrogen) atoms. The standard InChI is InChI=1S/C10H17N3O/c1-9-10(12-14-11-9)8-13-6-4-2-3-5-7-13/h2-8H2,1H3. The maximum Gasteiger partial charge on any atom is 0.122 e. The molecule has 0 N–H and O–H groups in total. The average Bonchev–Trinajstić information content (AvgIpc) is 2.44. The van der Waals surface area contributed by atoms with Crippen LogP contribution >= 0.6 is 0 Å². The van der Waals surface area contributed by atoms with E-state index in [0.29, 0.717) is 0 Å². The van der Waals surface area contributed by atoms with Gasteiger partial charge in [0.2, 0.25) is 0 Å². The SMILES string of the molecule is Cc1nonc1CN1CCCCCC1. The molecule has 4 heteroatoms. The molecule has 1 fully saturated rings. The van der Waals surface area contributed by atoms with Crippen molar-refractivity contribution in [2.45, 2.75) is 39.2 Å². The molecule has 0 unspecified atom stereocenters. The smallest absolute Gasteiger partial charge is 0.122 e. The van der Waals surface area contributed by atoms with Gasteiger partial charge in [-0.2, -0.15) is 0 Å². The lowest BCUT2D eigenvalue weighted by molar-refractivity contribution is 0.257. The predicted octanol–water partition coefficient (Wildman–Crippen LogP) is 1.75. The molecule has 0 aromatic carbocycles. The van der Waals surface area contributed by atoms with E-state index in [-0.39, 0.29) is 0 Å². The summed E-state index contributed by atoms with van der Waals surface area (Å²) in [6.07, 6.45) is 5.35. The molecule has 2 rings (SSSR count). The van der Waals surface area contributed by atoms with Crippen LogP contribution in [0.15, 0.2) is 4.63 Å². The number of hydrogen-bond acceptors (Lipinski definition) is 4. The predicted molar refractivity (Wildman–Crippen MR) is 52.8 cm³/mol. The van der Waals surface area contributed by atoms with Gasteiger partial charge in [0, 0.05) is 6.54 Å². The van der Waals surface area contributed by atoms with Gasteiger partial charge in [-0.15, -0.1) is 0 Å². The third kappa shape index (κ3) is 2.32. The summed E-state index contributed by atoms with van der Waals surface area (Å²) in [7, 11) is 0. The Morgan fingerprint density at radius 2 is 1.86 bits per heavy atom. The Kier molecular flexibility index (Phi) is 3.14. The Morgan fingerprint density at radius 3 is 2.43 bits per heavy atom.